The number of halogens is 3. The zero-order valence-corrected chi connectivity index (χ0v) is 14.0. The maximum Gasteiger partial charge on any atom is 0.222 e. The minimum atomic E-state index is -0.342. The maximum atomic E-state index is 14.4. The van der Waals surface area contributed by atoms with Crippen molar-refractivity contribution in [3.63, 3.8) is 0 Å². The van der Waals surface area contributed by atoms with Gasteiger partial charge in [0.25, 0.3) is 0 Å². The lowest BCUT2D eigenvalue weighted by Crippen LogP contribution is -2.28. The van der Waals surface area contributed by atoms with Gasteiger partial charge in [0, 0.05) is 15.6 Å². The lowest BCUT2D eigenvalue weighted by molar-refractivity contribution is 0.416. The Balaban J connectivity index is 1.78. The van der Waals surface area contributed by atoms with Crippen LogP contribution in [0.3, 0.4) is 0 Å². The normalized spacial score (nSPS) is 19.6. The number of anilines is 1. The summed E-state index contributed by atoms with van der Waals surface area (Å²) in [5.74, 6) is 0.247. The summed E-state index contributed by atoms with van der Waals surface area (Å²) in [5, 5.41) is 8.63. The summed E-state index contributed by atoms with van der Waals surface area (Å²) in [4.78, 5) is 4.23. The molecule has 4 nitrogen and oxygen atoms in total. The van der Waals surface area contributed by atoms with Crippen molar-refractivity contribution in [1.82, 2.24) is 14.8 Å². The molecule has 4 rings (SSSR count). The van der Waals surface area contributed by atoms with Crippen LogP contribution >= 0.6 is 23.2 Å². The average molecular weight is 363 g/mol. The molecule has 122 valence electrons. The third-order valence-corrected chi connectivity index (χ3v) is 4.82. The number of nitrogens with zero attached hydrogens (tertiary/aromatic N) is 3. The number of hydrogen-bond donors (Lipinski definition) is 1. The molecule has 1 aliphatic heterocycles. The monoisotopic (exact) mass is 362 g/mol. The fourth-order valence-electron chi connectivity index (χ4n) is 3.10. The smallest absolute Gasteiger partial charge is 0.222 e. The van der Waals surface area contributed by atoms with E-state index >= 15 is 0 Å². The van der Waals surface area contributed by atoms with E-state index in [0.29, 0.717) is 28.0 Å². The molecule has 0 radical (unpaired) electrons. The summed E-state index contributed by atoms with van der Waals surface area (Å²) < 4.78 is 16.1. The van der Waals surface area contributed by atoms with Crippen molar-refractivity contribution in [2.45, 2.75) is 18.5 Å². The van der Waals surface area contributed by atoms with Crippen molar-refractivity contribution < 1.29 is 4.39 Å². The van der Waals surface area contributed by atoms with E-state index in [1.54, 1.807) is 16.8 Å². The highest BCUT2D eigenvalue weighted by Gasteiger charge is 2.32. The zero-order valence-electron chi connectivity index (χ0n) is 12.5. The Bertz CT molecular complexity index is 858. The van der Waals surface area contributed by atoms with E-state index in [1.807, 2.05) is 24.3 Å². The number of rotatable bonds is 2. The second kappa shape index (κ2) is 6.07. The minimum Gasteiger partial charge on any atom is -0.348 e. The van der Waals surface area contributed by atoms with Gasteiger partial charge in [0.15, 0.2) is 0 Å². The van der Waals surface area contributed by atoms with E-state index in [-0.39, 0.29) is 17.9 Å². The van der Waals surface area contributed by atoms with Crippen LogP contribution in [0.2, 0.25) is 10.0 Å². The van der Waals surface area contributed by atoms with Crippen molar-refractivity contribution in [2.24, 2.45) is 0 Å². The summed E-state index contributed by atoms with van der Waals surface area (Å²) in [6.07, 6.45) is 2.05. The van der Waals surface area contributed by atoms with Gasteiger partial charge >= 0.3 is 0 Å². The number of aromatic nitrogens is 3. The Kier molecular flexibility index (Phi) is 3.90. The first-order valence-corrected chi connectivity index (χ1v) is 8.24. The molecule has 24 heavy (non-hydrogen) atoms. The quantitative estimate of drug-likeness (QED) is 0.706. The first-order valence-electron chi connectivity index (χ1n) is 7.49. The molecule has 1 N–H and O–H groups in total. The molecule has 2 aromatic carbocycles. The minimum absolute atomic E-state index is 0.0420. The van der Waals surface area contributed by atoms with Gasteiger partial charge in [-0.1, -0.05) is 41.4 Å². The predicted molar refractivity (Wildman–Crippen MR) is 92.0 cm³/mol. The van der Waals surface area contributed by atoms with Gasteiger partial charge in [-0.3, -0.25) is 0 Å². The van der Waals surface area contributed by atoms with Crippen molar-refractivity contribution in [3.05, 3.63) is 75.8 Å². The molecule has 2 heterocycles. The van der Waals surface area contributed by atoms with E-state index in [0.717, 1.165) is 5.56 Å². The molecule has 0 saturated carbocycles. The van der Waals surface area contributed by atoms with E-state index in [2.05, 4.69) is 15.4 Å². The summed E-state index contributed by atoms with van der Waals surface area (Å²) in [6.45, 7) is 0. The first-order chi connectivity index (χ1) is 11.6. The van der Waals surface area contributed by atoms with E-state index in [1.165, 1.54) is 12.4 Å². The number of hydrogen-bond acceptors (Lipinski definition) is 3. The van der Waals surface area contributed by atoms with Gasteiger partial charge in [0.2, 0.25) is 5.95 Å². The standard InChI is InChI=1S/C17H13Cl2FN4/c18-11-6-4-10(5-7-11)14-8-15(24-17(23-14)21-9-22-24)16-12(19)2-1-3-13(16)20/h1-7,9,14-15H,8H2,(H,21,22,23)/t14?,15-/m0/s1. The Hall–Kier alpha value is -2.11. The van der Waals surface area contributed by atoms with Gasteiger partial charge in [0.1, 0.15) is 12.1 Å². The first kappa shape index (κ1) is 15.4. The van der Waals surface area contributed by atoms with Crippen LogP contribution in [0.15, 0.2) is 48.8 Å². The average Bonchev–Trinajstić information content (AvgIpc) is 3.04. The highest BCUT2D eigenvalue weighted by molar-refractivity contribution is 6.31. The van der Waals surface area contributed by atoms with Gasteiger partial charge in [-0.05, 0) is 36.2 Å². The van der Waals surface area contributed by atoms with E-state index in [4.69, 9.17) is 23.2 Å². The van der Waals surface area contributed by atoms with Crippen LogP contribution < -0.4 is 5.32 Å². The van der Waals surface area contributed by atoms with E-state index in [9.17, 15) is 4.39 Å². The summed E-state index contributed by atoms with van der Waals surface area (Å²) in [5.41, 5.74) is 1.48. The molecule has 0 bridgehead atoms. The molecule has 0 aliphatic carbocycles. The molecule has 2 atom stereocenters. The van der Waals surface area contributed by atoms with Crippen molar-refractivity contribution in [1.29, 1.82) is 0 Å². The van der Waals surface area contributed by atoms with Crippen LogP contribution in [-0.2, 0) is 0 Å². The molecule has 0 saturated heterocycles. The summed E-state index contributed by atoms with van der Waals surface area (Å²) >= 11 is 12.2. The Morgan fingerprint density at radius 2 is 1.92 bits per heavy atom. The lowest BCUT2D eigenvalue weighted by atomic mass is 9.93. The van der Waals surface area contributed by atoms with Gasteiger partial charge in [0.05, 0.1) is 12.1 Å². The second-order valence-electron chi connectivity index (χ2n) is 5.66. The molecule has 0 fully saturated rings. The molecular formula is C17H13Cl2FN4. The SMILES string of the molecule is Fc1cccc(Cl)c1[C@@H]1CC(c2ccc(Cl)cc2)Nc2ncnn21. The van der Waals surface area contributed by atoms with Crippen molar-refractivity contribution in [2.75, 3.05) is 5.32 Å². The topological polar surface area (TPSA) is 42.7 Å². The number of nitrogens with one attached hydrogen (secondary N) is 1. The molecule has 3 aromatic rings. The van der Waals surface area contributed by atoms with Crippen molar-refractivity contribution in [3.8, 4) is 0 Å². The Labute approximate surface area is 148 Å². The van der Waals surface area contributed by atoms with Crippen LogP contribution in [-0.4, -0.2) is 14.8 Å². The molecule has 1 aromatic heterocycles. The Morgan fingerprint density at radius 1 is 1.12 bits per heavy atom. The van der Waals surface area contributed by atoms with E-state index < -0.39 is 0 Å². The summed E-state index contributed by atoms with van der Waals surface area (Å²) in [6, 6.07) is 11.9. The van der Waals surface area contributed by atoms with Gasteiger partial charge in [-0.2, -0.15) is 10.1 Å². The third-order valence-electron chi connectivity index (χ3n) is 4.24. The third kappa shape index (κ3) is 2.64. The van der Waals surface area contributed by atoms with Crippen LogP contribution in [0.1, 0.15) is 29.6 Å². The maximum absolute atomic E-state index is 14.4. The number of fused-ring (bicyclic) bond motifs is 1. The number of benzene rings is 2. The van der Waals surface area contributed by atoms with Gasteiger partial charge in [-0.25, -0.2) is 9.07 Å². The fourth-order valence-corrected chi connectivity index (χ4v) is 3.52. The van der Waals surface area contributed by atoms with Gasteiger partial charge in [-0.15, -0.1) is 0 Å². The Morgan fingerprint density at radius 3 is 2.67 bits per heavy atom. The molecule has 0 spiro atoms. The zero-order chi connectivity index (χ0) is 16.7. The van der Waals surface area contributed by atoms with Crippen molar-refractivity contribution >= 4 is 29.2 Å². The largest absolute Gasteiger partial charge is 0.348 e. The lowest BCUT2D eigenvalue weighted by Gasteiger charge is -2.32. The molecule has 1 unspecified atom stereocenters. The molecule has 7 heteroatoms. The highest BCUT2D eigenvalue weighted by atomic mass is 35.5. The van der Waals surface area contributed by atoms with Crippen LogP contribution in [0, 0.1) is 5.82 Å². The predicted octanol–water partition coefficient (Wildman–Crippen LogP) is 4.87. The highest BCUT2D eigenvalue weighted by Crippen LogP contribution is 2.40. The molecule has 1 aliphatic rings. The van der Waals surface area contributed by atoms with Crippen LogP contribution in [0.5, 0.6) is 0 Å². The fraction of sp³-hybridized carbons (Fsp3) is 0.176. The molecule has 0 amide bonds. The van der Waals surface area contributed by atoms with Crippen LogP contribution in [0.4, 0.5) is 10.3 Å². The second-order valence-corrected chi connectivity index (χ2v) is 6.51. The van der Waals surface area contributed by atoms with Crippen LogP contribution in [0.25, 0.3) is 0 Å². The summed E-state index contributed by atoms with van der Waals surface area (Å²) in [7, 11) is 0. The van der Waals surface area contributed by atoms with Gasteiger partial charge < -0.3 is 5.32 Å². The molecular weight excluding hydrogens is 350 g/mol.